The van der Waals surface area contributed by atoms with E-state index in [0.717, 1.165) is 0 Å². The van der Waals surface area contributed by atoms with Crippen LogP contribution >= 0.6 is 35.2 Å². The smallest absolute Gasteiger partial charge is 0.497 e. The number of ether oxygens (including phenoxy) is 3. The van der Waals surface area contributed by atoms with Crippen molar-refractivity contribution in [1.82, 2.24) is 20.2 Å². The molecule has 1 heterocycles. The number of aromatic nitrogens is 3. The predicted molar refractivity (Wildman–Crippen MR) is 165 cm³/mol. The fourth-order valence-electron chi connectivity index (χ4n) is 3.42. The molecule has 0 spiro atoms. The molecule has 3 aromatic carbocycles. The summed E-state index contributed by atoms with van der Waals surface area (Å²) in [5.41, 5.74) is 4.73. The molecule has 1 N–H and O–H groups in total. The van der Waals surface area contributed by atoms with E-state index in [0.29, 0.717) is 40.4 Å². The number of alkyl halides is 3. The number of hydrogen-bond acceptors (Lipinski definition) is 10. The van der Waals surface area contributed by atoms with Crippen LogP contribution in [0.25, 0.3) is 17.1 Å². The number of methoxy groups -OCH3 is 1. The third-order valence-corrected chi connectivity index (χ3v) is 6.47. The van der Waals surface area contributed by atoms with E-state index >= 15 is 0 Å². The highest BCUT2D eigenvalue weighted by atomic mass is 35.5. The van der Waals surface area contributed by atoms with Crippen molar-refractivity contribution in [3.05, 3.63) is 82.6 Å². The van der Waals surface area contributed by atoms with Crippen LogP contribution in [0.2, 0.25) is 10.0 Å². The number of carbonyl (C=O) groups excluding carboxylic acids is 1. The topological polar surface area (TPSA) is 121 Å². The van der Waals surface area contributed by atoms with Crippen molar-refractivity contribution in [1.29, 1.82) is 0 Å². The van der Waals surface area contributed by atoms with E-state index in [4.69, 9.17) is 36.9 Å². The van der Waals surface area contributed by atoms with Crippen molar-refractivity contribution in [2.45, 2.75) is 26.3 Å². The minimum Gasteiger partial charge on any atom is -0.497 e. The standard InChI is InChI=1S/C28H23Cl2F3N6O5S/c1-16(2)42-27(40)44-45-26(36-24-22(29)12-21(41-3)13-23(24)30)37-35-14-17-4-6-18(7-5-17)25-34-15-39(38-25)19-8-10-20(11-9-19)43-28(31,32)33/h4-16H,1-3H3,(H,36,37)/b35-14+. The van der Waals surface area contributed by atoms with Crippen molar-refractivity contribution < 1.29 is 36.4 Å². The van der Waals surface area contributed by atoms with Gasteiger partial charge in [0.2, 0.25) is 5.17 Å². The van der Waals surface area contributed by atoms with Gasteiger partial charge in [-0.2, -0.15) is 5.10 Å². The second-order valence-electron chi connectivity index (χ2n) is 8.99. The molecule has 0 aliphatic rings. The largest absolute Gasteiger partial charge is 0.573 e. The number of hydrazone groups is 1. The average molecular weight is 683 g/mol. The lowest BCUT2D eigenvalue weighted by Crippen LogP contribution is -2.17. The van der Waals surface area contributed by atoms with Crippen molar-refractivity contribution >= 4 is 58.5 Å². The Balaban J connectivity index is 1.45. The summed E-state index contributed by atoms with van der Waals surface area (Å²) in [5, 5.41) is 8.94. The van der Waals surface area contributed by atoms with E-state index in [2.05, 4.69) is 30.3 Å². The van der Waals surface area contributed by atoms with E-state index in [1.807, 2.05) is 0 Å². The fraction of sp³-hybridized carbons (Fsp3) is 0.179. The normalized spacial score (nSPS) is 12.0. The monoisotopic (exact) mass is 682 g/mol. The summed E-state index contributed by atoms with van der Waals surface area (Å²) in [6, 6.07) is 15.3. The molecule has 0 aliphatic heterocycles. The summed E-state index contributed by atoms with van der Waals surface area (Å²) >= 11 is 13.2. The van der Waals surface area contributed by atoms with Crippen molar-refractivity contribution in [2.75, 3.05) is 7.11 Å². The number of hydrogen-bond donors (Lipinski definition) is 1. The third-order valence-electron chi connectivity index (χ3n) is 5.33. The Morgan fingerprint density at radius 3 is 2.31 bits per heavy atom. The highest BCUT2D eigenvalue weighted by Gasteiger charge is 2.31. The molecule has 11 nitrogen and oxygen atoms in total. The average Bonchev–Trinajstić information content (AvgIpc) is 3.47. The first-order valence-corrected chi connectivity index (χ1v) is 14.2. The van der Waals surface area contributed by atoms with Crippen LogP contribution < -0.4 is 14.9 Å². The van der Waals surface area contributed by atoms with Crippen LogP contribution in [0.3, 0.4) is 0 Å². The molecule has 4 rings (SSSR count). The molecule has 236 valence electrons. The molecule has 0 radical (unpaired) electrons. The van der Waals surface area contributed by atoms with Gasteiger partial charge in [-0.05, 0) is 43.7 Å². The van der Waals surface area contributed by atoms with Gasteiger partial charge in [-0.1, -0.05) is 47.5 Å². The van der Waals surface area contributed by atoms with E-state index in [1.54, 1.807) is 38.1 Å². The van der Waals surface area contributed by atoms with E-state index in [9.17, 15) is 18.0 Å². The molecule has 0 saturated heterocycles. The summed E-state index contributed by atoms with van der Waals surface area (Å²) in [4.78, 5) is 20.5. The van der Waals surface area contributed by atoms with Gasteiger partial charge in [0.1, 0.15) is 35.6 Å². The third kappa shape index (κ3) is 10.0. The molecule has 45 heavy (non-hydrogen) atoms. The summed E-state index contributed by atoms with van der Waals surface area (Å²) in [5.74, 6) is 0.474. The summed E-state index contributed by atoms with van der Waals surface area (Å²) < 4.78 is 57.7. The zero-order chi connectivity index (χ0) is 32.6. The van der Waals surface area contributed by atoms with Gasteiger partial charge in [-0.3, -0.25) is 5.43 Å². The molecule has 0 bridgehead atoms. The van der Waals surface area contributed by atoms with Gasteiger partial charge in [0, 0.05) is 17.7 Å². The van der Waals surface area contributed by atoms with Crippen LogP contribution in [0.1, 0.15) is 19.4 Å². The zero-order valence-corrected chi connectivity index (χ0v) is 25.9. The molecular weight excluding hydrogens is 660 g/mol. The van der Waals surface area contributed by atoms with Crippen molar-refractivity contribution in [3.8, 4) is 28.6 Å². The Hall–Kier alpha value is -4.47. The van der Waals surface area contributed by atoms with Crippen LogP contribution in [-0.2, 0) is 8.92 Å². The Bertz CT molecular complexity index is 1660. The number of carbonyl (C=O) groups is 1. The molecule has 0 saturated carbocycles. The number of benzene rings is 3. The quantitative estimate of drug-likeness (QED) is 0.0648. The molecule has 0 unspecified atom stereocenters. The number of nitrogens with one attached hydrogen (secondary N) is 1. The van der Waals surface area contributed by atoms with Gasteiger partial charge in [-0.15, -0.1) is 18.3 Å². The summed E-state index contributed by atoms with van der Waals surface area (Å²) in [7, 11) is 1.47. The van der Waals surface area contributed by atoms with Gasteiger partial charge in [0.05, 0.1) is 35.2 Å². The number of amidine groups is 1. The van der Waals surface area contributed by atoms with Gasteiger partial charge in [0.25, 0.3) is 0 Å². The van der Waals surface area contributed by atoms with Gasteiger partial charge < -0.3 is 18.4 Å². The first kappa shape index (κ1) is 33.4. The minimum absolute atomic E-state index is 0.0188. The summed E-state index contributed by atoms with van der Waals surface area (Å²) in [6.07, 6.45) is -3.18. The van der Waals surface area contributed by atoms with Crippen molar-refractivity contribution in [3.63, 3.8) is 0 Å². The zero-order valence-electron chi connectivity index (χ0n) is 23.6. The second kappa shape index (κ2) is 15.0. The molecule has 0 aliphatic carbocycles. The lowest BCUT2D eigenvalue weighted by atomic mass is 10.1. The maximum Gasteiger partial charge on any atom is 0.573 e. The minimum atomic E-state index is -4.78. The van der Waals surface area contributed by atoms with Crippen LogP contribution in [0.5, 0.6) is 11.5 Å². The van der Waals surface area contributed by atoms with Crippen LogP contribution in [0.4, 0.5) is 23.7 Å². The number of aliphatic imine (C=N–C) groups is 1. The Morgan fingerprint density at radius 2 is 1.71 bits per heavy atom. The highest BCUT2D eigenvalue weighted by molar-refractivity contribution is 8.10. The van der Waals surface area contributed by atoms with Crippen LogP contribution in [0, 0.1) is 0 Å². The summed E-state index contributed by atoms with van der Waals surface area (Å²) in [6.45, 7) is 3.35. The second-order valence-corrected chi connectivity index (χ2v) is 10.5. The van der Waals surface area contributed by atoms with Crippen LogP contribution in [0.15, 0.2) is 77.1 Å². The molecule has 0 fully saturated rings. The van der Waals surface area contributed by atoms with Gasteiger partial charge in [0.15, 0.2) is 5.82 Å². The van der Waals surface area contributed by atoms with Gasteiger partial charge >= 0.3 is 12.5 Å². The first-order chi connectivity index (χ1) is 21.4. The van der Waals surface area contributed by atoms with Crippen molar-refractivity contribution in [2.24, 2.45) is 10.1 Å². The number of halogens is 5. The lowest BCUT2D eigenvalue weighted by molar-refractivity contribution is -0.274. The SMILES string of the molecule is COc1cc(Cl)c(N=C(N/N=C/c2ccc(-c3ncn(-c4ccc(OC(F)(F)F)cc4)n3)cc2)SOC(=O)OC(C)C)c(Cl)c1. The number of nitrogens with zero attached hydrogens (tertiary/aromatic N) is 5. The Kier molecular flexibility index (Phi) is 11.1. The highest BCUT2D eigenvalue weighted by Crippen LogP contribution is 2.37. The molecule has 4 aromatic rings. The lowest BCUT2D eigenvalue weighted by Gasteiger charge is -2.10. The van der Waals surface area contributed by atoms with Gasteiger partial charge in [-0.25, -0.2) is 19.5 Å². The Morgan fingerprint density at radius 1 is 1.04 bits per heavy atom. The first-order valence-electron chi connectivity index (χ1n) is 12.7. The van der Waals surface area contributed by atoms with E-state index < -0.39 is 18.6 Å². The van der Waals surface area contributed by atoms with E-state index in [1.165, 1.54) is 60.7 Å². The maximum atomic E-state index is 12.4. The maximum absolute atomic E-state index is 12.4. The fourth-order valence-corrected chi connectivity index (χ4v) is 4.37. The Labute approximate surface area is 269 Å². The molecule has 0 amide bonds. The molecule has 17 heteroatoms. The predicted octanol–water partition coefficient (Wildman–Crippen LogP) is 7.97. The van der Waals surface area contributed by atoms with E-state index in [-0.39, 0.29) is 26.6 Å². The molecule has 1 aromatic heterocycles. The molecule has 0 atom stereocenters. The molecular formula is C28H23Cl2F3N6O5S. The number of rotatable bonds is 8. The van der Waals surface area contributed by atoms with Crippen LogP contribution in [-0.4, -0.2) is 51.9 Å².